The monoisotopic (exact) mass is 1320 g/mol. The van der Waals surface area contributed by atoms with Gasteiger partial charge in [0.05, 0.1) is 39.9 Å². The third-order valence-corrected chi connectivity index (χ3v) is 19.7. The molecule has 3 atom stereocenters. The predicted molar refractivity (Wildman–Crippen MR) is 408 cm³/mol. The van der Waals surface area contributed by atoms with Gasteiger partial charge in [-0.15, -0.1) is 0 Å². The van der Waals surface area contributed by atoms with Gasteiger partial charge < -0.3 is 28.8 Å². The number of aliphatic hydroxyl groups excluding tert-OH is 1. The van der Waals surface area contributed by atoms with Gasteiger partial charge in [0.2, 0.25) is 5.91 Å². The van der Waals surface area contributed by atoms with Crippen LogP contribution < -0.4 is 10.2 Å². The quantitative estimate of drug-likeness (QED) is 0.0272. The minimum absolute atomic E-state index is 0.0130. The number of hydrogen-bond acceptors (Lipinski definition) is 6. The SMILES string of the molecule is CC/C=C\C/C=C\C/C=C\C/C=C\C/C=C\C/C=C\CCCCCCCCCCCCCCCCCCCCCCC(=O)NC(COP(=O)([O-])OCC[N+](C)(C)C)C(O)CCCCCCCCCCCCCCCCCCCCCCCCCCCCCCCCCC. The van der Waals surface area contributed by atoms with Crippen LogP contribution in [0.25, 0.3) is 0 Å². The van der Waals surface area contributed by atoms with E-state index in [-0.39, 0.29) is 19.1 Å². The maximum Gasteiger partial charge on any atom is 0.268 e. The predicted octanol–water partition coefficient (Wildman–Crippen LogP) is 26.2. The van der Waals surface area contributed by atoms with E-state index < -0.39 is 20.0 Å². The molecule has 0 saturated carbocycles. The molecule has 0 rings (SSSR count). The number of unbranched alkanes of at least 4 members (excludes halogenated alkanes) is 51. The molecule has 2 N–H and O–H groups in total. The molecule has 0 heterocycles. The Morgan fingerprint density at radius 2 is 0.656 bits per heavy atom. The Hall–Kier alpha value is -2.06. The van der Waals surface area contributed by atoms with Crippen molar-refractivity contribution in [1.29, 1.82) is 0 Å². The molecule has 0 aliphatic carbocycles. The topological polar surface area (TPSA) is 108 Å². The van der Waals surface area contributed by atoms with Crippen LogP contribution in [0.4, 0.5) is 0 Å². The van der Waals surface area contributed by atoms with E-state index in [0.29, 0.717) is 23.9 Å². The zero-order valence-electron chi connectivity index (χ0n) is 62.7. The average Bonchev–Trinajstić information content (AvgIpc) is 1.94. The largest absolute Gasteiger partial charge is 0.756 e. The number of nitrogens with one attached hydrogen (secondary N) is 1. The zero-order valence-corrected chi connectivity index (χ0v) is 63.6. The number of rotatable bonds is 76. The van der Waals surface area contributed by atoms with Crippen LogP contribution in [0.3, 0.4) is 0 Å². The van der Waals surface area contributed by atoms with E-state index in [2.05, 4.69) is 92.1 Å². The molecular weight excluding hydrogens is 1160 g/mol. The van der Waals surface area contributed by atoms with Crippen molar-refractivity contribution < 1.29 is 32.9 Å². The van der Waals surface area contributed by atoms with Gasteiger partial charge in [0.1, 0.15) is 13.2 Å². The summed E-state index contributed by atoms with van der Waals surface area (Å²) in [5.41, 5.74) is 0. The van der Waals surface area contributed by atoms with E-state index in [4.69, 9.17) is 9.05 Å². The molecule has 8 nitrogen and oxygen atoms in total. The standard InChI is InChI=1S/C84H159N2O6P/c1-6-8-10-12-14-16-18-20-22-24-26-28-30-32-34-36-38-40-41-42-43-44-45-46-48-50-52-54-56-58-60-62-64-66-68-70-72-74-76-78-84(88)85-82(81-92-93(89,90)91-80-79-86(3,4)5)83(87)77-75-73-71-69-67-65-63-61-59-57-55-53-51-49-47-39-37-35-33-31-29-27-25-23-21-19-17-15-13-11-9-7-2/h8,10,14,16,20,22,26,28,32,34,38,40,82-83,87H,6-7,9,11-13,15,17-19,21,23-25,27,29-31,33,35-37,39,41-81H2,1-5H3,(H-,85,88,89,90)/b10-8-,16-14-,22-20-,28-26-,34-32-,40-38-. The molecule has 0 bridgehead atoms. The highest BCUT2D eigenvalue weighted by atomic mass is 31.2. The summed E-state index contributed by atoms with van der Waals surface area (Å²) in [4.78, 5) is 25.8. The van der Waals surface area contributed by atoms with Crippen molar-refractivity contribution in [2.24, 2.45) is 0 Å². The van der Waals surface area contributed by atoms with Crippen LogP contribution >= 0.6 is 7.82 Å². The van der Waals surface area contributed by atoms with E-state index in [1.807, 2.05) is 21.1 Å². The smallest absolute Gasteiger partial charge is 0.268 e. The third kappa shape index (κ3) is 77.2. The minimum Gasteiger partial charge on any atom is -0.756 e. The van der Waals surface area contributed by atoms with Gasteiger partial charge in [-0.25, -0.2) is 0 Å². The number of aliphatic hydroxyl groups is 1. The number of amides is 1. The first-order valence-corrected chi connectivity index (χ1v) is 42.2. The summed E-state index contributed by atoms with van der Waals surface area (Å²) >= 11 is 0. The fourth-order valence-corrected chi connectivity index (χ4v) is 13.2. The second-order valence-corrected chi connectivity index (χ2v) is 30.5. The number of carbonyl (C=O) groups excluding carboxylic acids is 1. The maximum atomic E-state index is 13.1. The Labute approximate surface area is 580 Å². The van der Waals surface area contributed by atoms with E-state index >= 15 is 0 Å². The zero-order chi connectivity index (χ0) is 67.6. The molecule has 0 aliphatic rings. The number of carbonyl (C=O) groups is 1. The van der Waals surface area contributed by atoms with E-state index in [0.717, 1.165) is 77.0 Å². The highest BCUT2D eigenvalue weighted by molar-refractivity contribution is 7.45. The van der Waals surface area contributed by atoms with Crippen LogP contribution in [-0.2, 0) is 18.4 Å². The molecular formula is C84H159N2O6P. The molecule has 0 fully saturated rings. The van der Waals surface area contributed by atoms with E-state index in [1.54, 1.807) is 0 Å². The second kappa shape index (κ2) is 74.2. The van der Waals surface area contributed by atoms with Gasteiger partial charge in [0.15, 0.2) is 0 Å². The minimum atomic E-state index is -4.59. The third-order valence-electron chi connectivity index (χ3n) is 18.7. The fourth-order valence-electron chi connectivity index (χ4n) is 12.5. The van der Waals surface area contributed by atoms with Crippen molar-refractivity contribution in [2.75, 3.05) is 40.9 Å². The summed E-state index contributed by atoms with van der Waals surface area (Å²) < 4.78 is 23.6. The molecule has 1 amide bonds. The number of quaternary nitrogens is 1. The van der Waals surface area contributed by atoms with Crippen molar-refractivity contribution in [3.8, 4) is 0 Å². The van der Waals surface area contributed by atoms with Crippen molar-refractivity contribution in [2.45, 2.75) is 418 Å². The van der Waals surface area contributed by atoms with Crippen molar-refractivity contribution in [1.82, 2.24) is 5.32 Å². The fraction of sp³-hybridized carbons (Fsp3) is 0.845. The average molecular weight is 1320 g/mol. The molecule has 0 aliphatic heterocycles. The van der Waals surface area contributed by atoms with Crippen LogP contribution in [0.15, 0.2) is 72.9 Å². The molecule has 3 unspecified atom stereocenters. The summed E-state index contributed by atoms with van der Waals surface area (Å²) in [7, 11) is 1.32. The van der Waals surface area contributed by atoms with Crippen LogP contribution in [-0.4, -0.2) is 68.5 Å². The number of phosphoric acid groups is 1. The number of hydrogen-bond donors (Lipinski definition) is 2. The lowest BCUT2D eigenvalue weighted by Crippen LogP contribution is -2.46. The van der Waals surface area contributed by atoms with E-state index in [9.17, 15) is 19.4 Å². The van der Waals surface area contributed by atoms with Crippen LogP contribution in [0.5, 0.6) is 0 Å². The van der Waals surface area contributed by atoms with Crippen molar-refractivity contribution >= 4 is 13.7 Å². The molecule has 0 spiro atoms. The van der Waals surface area contributed by atoms with Crippen molar-refractivity contribution in [3.63, 3.8) is 0 Å². The molecule has 0 aromatic rings. The van der Waals surface area contributed by atoms with Gasteiger partial charge in [0, 0.05) is 6.42 Å². The maximum absolute atomic E-state index is 13.1. The van der Waals surface area contributed by atoms with Gasteiger partial charge in [-0.2, -0.15) is 0 Å². The van der Waals surface area contributed by atoms with Gasteiger partial charge in [-0.05, 0) is 64.2 Å². The molecule has 546 valence electrons. The normalized spacial score (nSPS) is 13.8. The lowest BCUT2D eigenvalue weighted by molar-refractivity contribution is -0.870. The summed E-state index contributed by atoms with van der Waals surface area (Å²) in [6.07, 6.45) is 105. The highest BCUT2D eigenvalue weighted by Gasteiger charge is 2.24. The van der Waals surface area contributed by atoms with Crippen LogP contribution in [0.1, 0.15) is 406 Å². The molecule has 0 aromatic heterocycles. The molecule has 0 aromatic carbocycles. The molecule has 93 heavy (non-hydrogen) atoms. The Balaban J connectivity index is 3.92. The Morgan fingerprint density at radius 3 is 0.957 bits per heavy atom. The second-order valence-electron chi connectivity index (χ2n) is 29.1. The molecule has 0 radical (unpaired) electrons. The van der Waals surface area contributed by atoms with Gasteiger partial charge >= 0.3 is 0 Å². The van der Waals surface area contributed by atoms with E-state index in [1.165, 1.54) is 302 Å². The molecule has 0 saturated heterocycles. The van der Waals surface area contributed by atoms with Gasteiger partial charge in [-0.3, -0.25) is 9.36 Å². The lowest BCUT2D eigenvalue weighted by Gasteiger charge is -2.30. The summed E-state index contributed by atoms with van der Waals surface area (Å²) in [5.74, 6) is -0.157. The first-order valence-electron chi connectivity index (χ1n) is 40.8. The molecule has 9 heteroatoms. The number of allylic oxidation sites excluding steroid dienone is 12. The van der Waals surface area contributed by atoms with Crippen LogP contribution in [0, 0.1) is 0 Å². The lowest BCUT2D eigenvalue weighted by atomic mass is 10.0. The number of phosphoric ester groups is 1. The number of likely N-dealkylation sites (N-methyl/N-ethyl adjacent to an activating group) is 1. The Bertz CT molecular complexity index is 1750. The number of nitrogens with zero attached hydrogens (tertiary/aromatic N) is 1. The highest BCUT2D eigenvalue weighted by Crippen LogP contribution is 2.38. The van der Waals surface area contributed by atoms with Crippen molar-refractivity contribution in [3.05, 3.63) is 72.9 Å². The van der Waals surface area contributed by atoms with Gasteiger partial charge in [-0.1, -0.05) is 408 Å². The first-order chi connectivity index (χ1) is 45.5. The van der Waals surface area contributed by atoms with Gasteiger partial charge in [0.25, 0.3) is 7.82 Å². The van der Waals surface area contributed by atoms with Crippen LogP contribution in [0.2, 0.25) is 0 Å². The Kier molecular flexibility index (Phi) is 72.5. The summed E-state index contributed by atoms with van der Waals surface area (Å²) in [6.45, 7) is 4.67. The Morgan fingerprint density at radius 1 is 0.387 bits per heavy atom. The summed E-state index contributed by atoms with van der Waals surface area (Å²) in [6, 6.07) is -0.804. The first kappa shape index (κ1) is 90.9. The summed E-state index contributed by atoms with van der Waals surface area (Å²) in [5, 5.41) is 14.2.